The molecule has 4 unspecified atom stereocenters. The highest BCUT2D eigenvalue weighted by Crippen LogP contribution is 2.23. The summed E-state index contributed by atoms with van der Waals surface area (Å²) in [6.45, 7) is 9.08. The lowest BCUT2D eigenvalue weighted by atomic mass is 9.92. The highest BCUT2D eigenvalue weighted by molar-refractivity contribution is 5.79. The van der Waals surface area contributed by atoms with Crippen LogP contribution in [0.3, 0.4) is 0 Å². The fourth-order valence-electron chi connectivity index (χ4n) is 2.08. The van der Waals surface area contributed by atoms with Crippen LogP contribution in [-0.2, 0) is 4.79 Å². The Labute approximate surface area is 93.0 Å². The standard InChI is InChI=1S/C12H24N2O/c1-8-5-6-9(2)14(7-8)12(15)10(3)11(4)13/h8-11H,5-7,13H2,1-4H3. The van der Waals surface area contributed by atoms with Gasteiger partial charge in [-0.2, -0.15) is 0 Å². The molecule has 3 heteroatoms. The molecule has 3 nitrogen and oxygen atoms in total. The summed E-state index contributed by atoms with van der Waals surface area (Å²) in [5.41, 5.74) is 5.78. The van der Waals surface area contributed by atoms with Crippen LogP contribution in [0.15, 0.2) is 0 Å². The fraction of sp³-hybridized carbons (Fsp3) is 0.917. The van der Waals surface area contributed by atoms with Gasteiger partial charge in [0.15, 0.2) is 0 Å². The van der Waals surface area contributed by atoms with E-state index in [1.165, 1.54) is 6.42 Å². The van der Waals surface area contributed by atoms with E-state index >= 15 is 0 Å². The molecule has 1 aliphatic heterocycles. The van der Waals surface area contributed by atoms with Gasteiger partial charge < -0.3 is 10.6 Å². The molecule has 1 rings (SSSR count). The molecule has 0 spiro atoms. The molecule has 0 aliphatic carbocycles. The van der Waals surface area contributed by atoms with Crippen molar-refractivity contribution in [2.24, 2.45) is 17.6 Å². The molecule has 4 atom stereocenters. The maximum atomic E-state index is 12.1. The van der Waals surface area contributed by atoms with Crippen LogP contribution in [0.25, 0.3) is 0 Å². The minimum Gasteiger partial charge on any atom is -0.339 e. The summed E-state index contributed by atoms with van der Waals surface area (Å²) in [5, 5.41) is 0. The predicted octanol–water partition coefficient (Wildman–Crippen LogP) is 1.62. The molecule has 1 fully saturated rings. The van der Waals surface area contributed by atoms with E-state index in [0.717, 1.165) is 13.0 Å². The van der Waals surface area contributed by atoms with Gasteiger partial charge in [-0.1, -0.05) is 13.8 Å². The number of amides is 1. The molecule has 1 aliphatic rings. The van der Waals surface area contributed by atoms with Crippen molar-refractivity contribution in [3.8, 4) is 0 Å². The molecule has 2 N–H and O–H groups in total. The van der Waals surface area contributed by atoms with Gasteiger partial charge in [0.05, 0.1) is 5.92 Å². The maximum absolute atomic E-state index is 12.1. The molecule has 0 saturated carbocycles. The number of nitrogens with zero attached hydrogens (tertiary/aromatic N) is 1. The maximum Gasteiger partial charge on any atom is 0.227 e. The third kappa shape index (κ3) is 2.94. The van der Waals surface area contributed by atoms with E-state index in [0.29, 0.717) is 12.0 Å². The van der Waals surface area contributed by atoms with Crippen molar-refractivity contribution in [2.75, 3.05) is 6.54 Å². The van der Waals surface area contributed by atoms with Crippen molar-refractivity contribution >= 4 is 5.91 Å². The van der Waals surface area contributed by atoms with Crippen LogP contribution in [0, 0.1) is 11.8 Å². The van der Waals surface area contributed by atoms with Crippen LogP contribution in [0.1, 0.15) is 40.5 Å². The SMILES string of the molecule is CC1CCC(C)N(C(=O)C(C)C(C)N)C1. The van der Waals surface area contributed by atoms with Gasteiger partial charge in [-0.05, 0) is 32.6 Å². The zero-order valence-corrected chi connectivity index (χ0v) is 10.4. The monoisotopic (exact) mass is 212 g/mol. The molecule has 88 valence electrons. The number of hydrogen-bond donors (Lipinski definition) is 1. The second kappa shape index (κ2) is 4.97. The van der Waals surface area contributed by atoms with Gasteiger partial charge in [0, 0.05) is 18.6 Å². The van der Waals surface area contributed by atoms with E-state index in [1.807, 2.05) is 18.7 Å². The Bertz CT molecular complexity index is 228. The van der Waals surface area contributed by atoms with Gasteiger partial charge in [-0.25, -0.2) is 0 Å². The Balaban J connectivity index is 2.64. The Hall–Kier alpha value is -0.570. The fourth-order valence-corrected chi connectivity index (χ4v) is 2.08. The number of rotatable bonds is 2. The van der Waals surface area contributed by atoms with Crippen LogP contribution in [0.5, 0.6) is 0 Å². The van der Waals surface area contributed by atoms with Crippen molar-refractivity contribution in [3.05, 3.63) is 0 Å². The Morgan fingerprint density at radius 3 is 2.47 bits per heavy atom. The Morgan fingerprint density at radius 2 is 1.93 bits per heavy atom. The number of hydrogen-bond acceptors (Lipinski definition) is 2. The molecular formula is C12H24N2O. The summed E-state index contributed by atoms with van der Waals surface area (Å²) in [4.78, 5) is 14.2. The molecule has 15 heavy (non-hydrogen) atoms. The van der Waals surface area contributed by atoms with Crippen LogP contribution in [0.2, 0.25) is 0 Å². The first-order valence-electron chi connectivity index (χ1n) is 5.99. The number of carbonyl (C=O) groups is 1. The van der Waals surface area contributed by atoms with E-state index < -0.39 is 0 Å². The summed E-state index contributed by atoms with van der Waals surface area (Å²) >= 11 is 0. The molecular weight excluding hydrogens is 188 g/mol. The highest BCUT2D eigenvalue weighted by atomic mass is 16.2. The Morgan fingerprint density at radius 1 is 1.33 bits per heavy atom. The van der Waals surface area contributed by atoms with Gasteiger partial charge in [-0.15, -0.1) is 0 Å². The van der Waals surface area contributed by atoms with Gasteiger partial charge in [0.2, 0.25) is 5.91 Å². The van der Waals surface area contributed by atoms with Crippen LogP contribution < -0.4 is 5.73 Å². The average Bonchev–Trinajstić information content (AvgIpc) is 2.19. The quantitative estimate of drug-likeness (QED) is 0.756. The molecule has 0 aromatic heterocycles. The molecule has 0 bridgehead atoms. The van der Waals surface area contributed by atoms with Crippen molar-refractivity contribution in [1.29, 1.82) is 0 Å². The molecule has 1 saturated heterocycles. The third-order valence-corrected chi connectivity index (χ3v) is 3.58. The topological polar surface area (TPSA) is 46.3 Å². The third-order valence-electron chi connectivity index (χ3n) is 3.58. The van der Waals surface area contributed by atoms with Gasteiger partial charge >= 0.3 is 0 Å². The number of piperidine rings is 1. The second-order valence-electron chi connectivity index (χ2n) is 5.17. The average molecular weight is 212 g/mol. The molecule has 1 amide bonds. The van der Waals surface area contributed by atoms with Gasteiger partial charge in [0.25, 0.3) is 0 Å². The first-order chi connectivity index (χ1) is 6.93. The van der Waals surface area contributed by atoms with E-state index in [2.05, 4.69) is 13.8 Å². The lowest BCUT2D eigenvalue weighted by Crippen LogP contribution is -2.49. The van der Waals surface area contributed by atoms with Crippen LogP contribution in [0.4, 0.5) is 0 Å². The summed E-state index contributed by atoms with van der Waals surface area (Å²) < 4.78 is 0. The zero-order chi connectivity index (χ0) is 11.6. The van der Waals surface area contributed by atoms with E-state index in [-0.39, 0.29) is 17.9 Å². The highest BCUT2D eigenvalue weighted by Gasteiger charge is 2.30. The van der Waals surface area contributed by atoms with E-state index in [9.17, 15) is 4.79 Å². The summed E-state index contributed by atoms with van der Waals surface area (Å²) in [7, 11) is 0. The molecule has 0 radical (unpaired) electrons. The zero-order valence-electron chi connectivity index (χ0n) is 10.4. The van der Waals surface area contributed by atoms with Crippen molar-refractivity contribution < 1.29 is 4.79 Å². The van der Waals surface area contributed by atoms with Crippen molar-refractivity contribution in [2.45, 2.75) is 52.6 Å². The smallest absolute Gasteiger partial charge is 0.227 e. The van der Waals surface area contributed by atoms with Gasteiger partial charge in [-0.3, -0.25) is 4.79 Å². The number of nitrogens with two attached hydrogens (primary N) is 1. The van der Waals surface area contributed by atoms with Crippen molar-refractivity contribution in [1.82, 2.24) is 4.90 Å². The first-order valence-corrected chi connectivity index (χ1v) is 5.99. The number of carbonyl (C=O) groups excluding carboxylic acids is 1. The summed E-state index contributed by atoms with van der Waals surface area (Å²) in [5.74, 6) is 0.798. The summed E-state index contributed by atoms with van der Waals surface area (Å²) in [6.07, 6.45) is 2.36. The minimum absolute atomic E-state index is 0.0538. The largest absolute Gasteiger partial charge is 0.339 e. The lowest BCUT2D eigenvalue weighted by Gasteiger charge is -2.38. The lowest BCUT2D eigenvalue weighted by molar-refractivity contribution is -0.139. The second-order valence-corrected chi connectivity index (χ2v) is 5.17. The van der Waals surface area contributed by atoms with Crippen LogP contribution >= 0.6 is 0 Å². The van der Waals surface area contributed by atoms with Crippen molar-refractivity contribution in [3.63, 3.8) is 0 Å². The normalized spacial score (nSPS) is 31.1. The van der Waals surface area contributed by atoms with Crippen LogP contribution in [-0.4, -0.2) is 29.4 Å². The Kier molecular flexibility index (Phi) is 4.14. The van der Waals surface area contributed by atoms with E-state index in [4.69, 9.17) is 5.73 Å². The van der Waals surface area contributed by atoms with Gasteiger partial charge in [0.1, 0.15) is 0 Å². The molecule has 0 aromatic carbocycles. The van der Waals surface area contributed by atoms with E-state index in [1.54, 1.807) is 0 Å². The first kappa shape index (κ1) is 12.5. The minimum atomic E-state index is -0.0576. The summed E-state index contributed by atoms with van der Waals surface area (Å²) in [6, 6.07) is 0.330. The molecule has 1 heterocycles. The molecule has 0 aromatic rings. The predicted molar refractivity (Wildman–Crippen MR) is 62.4 cm³/mol. The number of likely N-dealkylation sites (tertiary alicyclic amines) is 1.